The van der Waals surface area contributed by atoms with Crippen molar-refractivity contribution >= 4 is 17.6 Å². The Morgan fingerprint density at radius 3 is 2.40 bits per heavy atom. The molecule has 35 heavy (non-hydrogen) atoms. The first-order valence-corrected chi connectivity index (χ1v) is 12.1. The number of alkyl halides is 3. The van der Waals surface area contributed by atoms with E-state index in [9.17, 15) is 22.8 Å². The first-order chi connectivity index (χ1) is 16.7. The molecule has 0 saturated carbocycles. The molecule has 3 atom stereocenters. The highest BCUT2D eigenvalue weighted by Crippen LogP contribution is 2.38. The average Bonchev–Trinajstić information content (AvgIpc) is 3.44. The standard InChI is InChI=1S/C25H28F3N5O2/c1-15-2-7-18-21(15)23(30-14-29-18)32-10-12-33(13-11-32)24(35)22(19-8-9-20(34)31-19)16-3-5-17(6-4-16)25(26,27)28/h3-6,14-15,19,22H,2,7-13H2,1H3,(H,31,34)/t15-,19+,22+/m1/s1. The van der Waals surface area contributed by atoms with Crippen LogP contribution in [0.2, 0.25) is 0 Å². The molecule has 0 spiro atoms. The van der Waals surface area contributed by atoms with Crippen molar-refractivity contribution in [2.24, 2.45) is 0 Å². The number of rotatable bonds is 4. The lowest BCUT2D eigenvalue weighted by Gasteiger charge is -2.38. The van der Waals surface area contributed by atoms with Gasteiger partial charge in [-0.05, 0) is 42.9 Å². The van der Waals surface area contributed by atoms with Crippen LogP contribution in [0.3, 0.4) is 0 Å². The summed E-state index contributed by atoms with van der Waals surface area (Å²) in [7, 11) is 0. The molecule has 3 aliphatic rings. The number of piperazine rings is 1. The van der Waals surface area contributed by atoms with Crippen LogP contribution in [0.4, 0.5) is 19.0 Å². The number of hydrogen-bond acceptors (Lipinski definition) is 5. The number of hydrogen-bond donors (Lipinski definition) is 1. The normalized spacial score (nSPS) is 23.3. The summed E-state index contributed by atoms with van der Waals surface area (Å²) < 4.78 is 39.2. The highest BCUT2D eigenvalue weighted by atomic mass is 19.4. The fourth-order valence-electron chi connectivity index (χ4n) is 5.52. The Labute approximate surface area is 201 Å². The van der Waals surface area contributed by atoms with E-state index in [1.54, 1.807) is 11.2 Å². The molecule has 2 aromatic rings. The summed E-state index contributed by atoms with van der Waals surface area (Å²) >= 11 is 0. The smallest absolute Gasteiger partial charge is 0.353 e. The van der Waals surface area contributed by atoms with Crippen molar-refractivity contribution in [1.82, 2.24) is 20.2 Å². The van der Waals surface area contributed by atoms with Crippen LogP contribution in [0.25, 0.3) is 0 Å². The number of nitrogens with zero attached hydrogens (tertiary/aromatic N) is 4. The number of anilines is 1. The zero-order chi connectivity index (χ0) is 24.7. The zero-order valence-electron chi connectivity index (χ0n) is 19.5. The summed E-state index contributed by atoms with van der Waals surface area (Å²) in [6.07, 6.45) is -0.0589. The summed E-state index contributed by atoms with van der Waals surface area (Å²) in [6.45, 7) is 4.36. The van der Waals surface area contributed by atoms with Crippen LogP contribution >= 0.6 is 0 Å². The van der Waals surface area contributed by atoms with Gasteiger partial charge in [-0.2, -0.15) is 13.2 Å². The maximum Gasteiger partial charge on any atom is 0.416 e. The lowest BCUT2D eigenvalue weighted by molar-refractivity contribution is -0.137. The number of aryl methyl sites for hydroxylation is 1. The summed E-state index contributed by atoms with van der Waals surface area (Å²) in [4.78, 5) is 38.5. The monoisotopic (exact) mass is 487 g/mol. The Morgan fingerprint density at radius 2 is 1.77 bits per heavy atom. The third kappa shape index (κ3) is 4.58. The molecule has 3 heterocycles. The lowest BCUT2D eigenvalue weighted by Crippen LogP contribution is -2.52. The third-order valence-electron chi connectivity index (χ3n) is 7.44. The second-order valence-corrected chi connectivity index (χ2v) is 9.62. The number of amides is 2. The number of carbonyl (C=O) groups excluding carboxylic acids is 2. The Bertz CT molecular complexity index is 1110. The van der Waals surface area contributed by atoms with E-state index < -0.39 is 23.7 Å². The van der Waals surface area contributed by atoms with E-state index in [2.05, 4.69) is 27.1 Å². The van der Waals surface area contributed by atoms with Crippen molar-refractivity contribution in [3.63, 3.8) is 0 Å². The minimum atomic E-state index is -4.45. The van der Waals surface area contributed by atoms with Crippen LogP contribution in [0.1, 0.15) is 60.4 Å². The highest BCUT2D eigenvalue weighted by molar-refractivity contribution is 5.87. The minimum absolute atomic E-state index is 0.142. The van der Waals surface area contributed by atoms with Crippen molar-refractivity contribution in [2.45, 2.75) is 56.7 Å². The van der Waals surface area contributed by atoms with Crippen LogP contribution < -0.4 is 10.2 Å². The largest absolute Gasteiger partial charge is 0.416 e. The van der Waals surface area contributed by atoms with Gasteiger partial charge in [-0.1, -0.05) is 19.1 Å². The van der Waals surface area contributed by atoms with E-state index >= 15 is 0 Å². The molecule has 1 aromatic carbocycles. The van der Waals surface area contributed by atoms with Gasteiger partial charge in [0.05, 0.1) is 11.5 Å². The van der Waals surface area contributed by atoms with Crippen molar-refractivity contribution < 1.29 is 22.8 Å². The van der Waals surface area contributed by atoms with Gasteiger partial charge in [0.1, 0.15) is 12.1 Å². The molecule has 1 aromatic heterocycles. The maximum atomic E-state index is 13.7. The predicted molar refractivity (Wildman–Crippen MR) is 123 cm³/mol. The van der Waals surface area contributed by atoms with E-state index in [4.69, 9.17) is 0 Å². The molecule has 0 bridgehead atoms. The quantitative estimate of drug-likeness (QED) is 0.717. The molecule has 7 nitrogen and oxygen atoms in total. The molecule has 2 saturated heterocycles. The minimum Gasteiger partial charge on any atom is -0.353 e. The fourth-order valence-corrected chi connectivity index (χ4v) is 5.52. The van der Waals surface area contributed by atoms with Crippen LogP contribution in [-0.4, -0.2) is 58.9 Å². The van der Waals surface area contributed by atoms with Crippen molar-refractivity contribution in [2.75, 3.05) is 31.1 Å². The van der Waals surface area contributed by atoms with E-state index in [-0.39, 0.29) is 11.8 Å². The molecule has 186 valence electrons. The van der Waals surface area contributed by atoms with Gasteiger partial charge in [0.2, 0.25) is 11.8 Å². The maximum absolute atomic E-state index is 13.7. The van der Waals surface area contributed by atoms with Crippen molar-refractivity contribution in [3.05, 3.63) is 53.0 Å². The lowest BCUT2D eigenvalue weighted by atomic mass is 9.88. The molecule has 2 fully saturated rings. The summed E-state index contributed by atoms with van der Waals surface area (Å²) in [5, 5.41) is 2.85. The molecule has 1 aliphatic carbocycles. The first kappa shape index (κ1) is 23.6. The average molecular weight is 488 g/mol. The van der Waals surface area contributed by atoms with Crippen molar-refractivity contribution in [3.8, 4) is 0 Å². The fraction of sp³-hybridized carbons (Fsp3) is 0.520. The molecule has 2 aliphatic heterocycles. The Hall–Kier alpha value is -3.17. The second kappa shape index (κ2) is 9.13. The van der Waals surface area contributed by atoms with Crippen LogP contribution in [-0.2, 0) is 22.2 Å². The van der Waals surface area contributed by atoms with Crippen molar-refractivity contribution in [1.29, 1.82) is 0 Å². The summed E-state index contributed by atoms with van der Waals surface area (Å²) in [5.41, 5.74) is 2.02. The number of halogens is 3. The second-order valence-electron chi connectivity index (χ2n) is 9.62. The Balaban J connectivity index is 1.34. The Morgan fingerprint density at radius 1 is 1.06 bits per heavy atom. The number of nitrogens with one attached hydrogen (secondary N) is 1. The van der Waals surface area contributed by atoms with E-state index in [0.29, 0.717) is 50.5 Å². The number of carbonyl (C=O) groups is 2. The molecular weight excluding hydrogens is 459 g/mol. The molecule has 5 rings (SSSR count). The van der Waals surface area contributed by atoms with Crippen LogP contribution in [0.15, 0.2) is 30.6 Å². The highest BCUT2D eigenvalue weighted by Gasteiger charge is 2.39. The number of fused-ring (bicyclic) bond motifs is 1. The van der Waals surface area contributed by atoms with Crippen LogP contribution in [0.5, 0.6) is 0 Å². The SMILES string of the molecule is C[C@@H]1CCc2ncnc(N3CCN(C(=O)[C@@H](c4ccc(C(F)(F)F)cc4)[C@@H]4CCC(=O)N4)CC3)c21. The van der Waals surface area contributed by atoms with Gasteiger partial charge in [-0.25, -0.2) is 9.97 Å². The molecule has 10 heteroatoms. The topological polar surface area (TPSA) is 78.4 Å². The molecule has 1 N–H and O–H groups in total. The Kier molecular flexibility index (Phi) is 6.14. The van der Waals surface area contributed by atoms with Gasteiger partial charge in [0.25, 0.3) is 0 Å². The van der Waals surface area contributed by atoms with Gasteiger partial charge >= 0.3 is 6.18 Å². The molecule has 0 radical (unpaired) electrons. The van der Waals surface area contributed by atoms with E-state index in [0.717, 1.165) is 36.5 Å². The van der Waals surface area contributed by atoms with Gasteiger partial charge in [-0.3, -0.25) is 9.59 Å². The third-order valence-corrected chi connectivity index (χ3v) is 7.44. The number of aromatic nitrogens is 2. The zero-order valence-corrected chi connectivity index (χ0v) is 19.5. The van der Waals surface area contributed by atoms with Crippen LogP contribution in [0, 0.1) is 0 Å². The van der Waals surface area contributed by atoms with Gasteiger partial charge < -0.3 is 15.1 Å². The molecular formula is C25H28F3N5O2. The number of benzene rings is 1. The molecule has 0 unspecified atom stereocenters. The summed E-state index contributed by atoms with van der Waals surface area (Å²) in [5.74, 6) is 0.304. The van der Waals surface area contributed by atoms with E-state index in [1.807, 2.05) is 0 Å². The molecule has 2 amide bonds. The van der Waals surface area contributed by atoms with Gasteiger partial charge in [-0.15, -0.1) is 0 Å². The predicted octanol–water partition coefficient (Wildman–Crippen LogP) is 3.26. The van der Waals surface area contributed by atoms with Gasteiger partial charge in [0.15, 0.2) is 0 Å². The van der Waals surface area contributed by atoms with E-state index in [1.165, 1.54) is 17.7 Å². The summed E-state index contributed by atoms with van der Waals surface area (Å²) in [6, 6.07) is 4.29. The first-order valence-electron chi connectivity index (χ1n) is 12.1. The van der Waals surface area contributed by atoms with Gasteiger partial charge in [0, 0.05) is 49.9 Å².